The lowest BCUT2D eigenvalue weighted by molar-refractivity contribution is 0.186. The second-order valence-corrected chi connectivity index (χ2v) is 7.01. The zero-order chi connectivity index (χ0) is 20.1. The number of amides is 2. The van der Waals surface area contributed by atoms with Crippen LogP contribution in [-0.2, 0) is 13.0 Å². The van der Waals surface area contributed by atoms with E-state index in [1.807, 2.05) is 61.5 Å². The lowest BCUT2D eigenvalue weighted by atomic mass is 10.2. The molecule has 1 fully saturated rings. The summed E-state index contributed by atoms with van der Waals surface area (Å²) in [5.41, 5.74) is 1.97. The van der Waals surface area contributed by atoms with E-state index >= 15 is 0 Å². The van der Waals surface area contributed by atoms with Gasteiger partial charge in [0.2, 0.25) is 11.7 Å². The Balaban J connectivity index is 1.27. The van der Waals surface area contributed by atoms with Crippen LogP contribution in [0.3, 0.4) is 0 Å². The lowest BCUT2D eigenvalue weighted by Crippen LogP contribution is -2.39. The van der Waals surface area contributed by atoms with E-state index in [-0.39, 0.29) is 12.1 Å². The second kappa shape index (κ2) is 8.77. The molecule has 0 saturated carbocycles. The summed E-state index contributed by atoms with van der Waals surface area (Å²) in [7, 11) is 0. The molecule has 1 aliphatic rings. The number of urea groups is 1. The molecule has 4 rings (SSSR count). The second-order valence-electron chi connectivity index (χ2n) is 7.01. The highest BCUT2D eigenvalue weighted by Gasteiger charge is 2.27. The van der Waals surface area contributed by atoms with Crippen molar-refractivity contribution < 1.29 is 14.1 Å². The van der Waals surface area contributed by atoms with Crippen molar-refractivity contribution >= 4 is 6.03 Å². The van der Waals surface area contributed by atoms with E-state index < -0.39 is 0 Å². The van der Waals surface area contributed by atoms with Crippen molar-refractivity contribution in [3.8, 4) is 17.1 Å². The quantitative estimate of drug-likeness (QED) is 0.692. The van der Waals surface area contributed by atoms with Gasteiger partial charge in [0.1, 0.15) is 11.9 Å². The Kier molecular flexibility index (Phi) is 5.74. The summed E-state index contributed by atoms with van der Waals surface area (Å²) in [5.74, 6) is 1.97. The fraction of sp³-hybridized carbons (Fsp3) is 0.318. The molecule has 7 nitrogen and oxygen atoms in total. The summed E-state index contributed by atoms with van der Waals surface area (Å²) in [6, 6.07) is 17.5. The molecule has 2 aromatic carbocycles. The number of ether oxygens (including phenoxy) is 1. The number of hydrogen-bond acceptors (Lipinski definition) is 5. The number of nitrogens with one attached hydrogen (secondary N) is 1. The molecule has 3 aromatic rings. The first-order chi connectivity index (χ1) is 14.2. The molecule has 0 bridgehead atoms. The average molecular weight is 392 g/mol. The molecule has 0 spiro atoms. The van der Waals surface area contributed by atoms with Crippen molar-refractivity contribution in [2.24, 2.45) is 0 Å². The van der Waals surface area contributed by atoms with Crippen LogP contribution in [0.4, 0.5) is 4.79 Å². The molecule has 0 radical (unpaired) electrons. The van der Waals surface area contributed by atoms with Gasteiger partial charge in [0, 0.05) is 31.5 Å². The number of aryl methyl sites for hydroxylation is 1. The molecule has 1 aliphatic heterocycles. The third-order valence-electron chi connectivity index (χ3n) is 4.90. The number of aromatic nitrogens is 2. The van der Waals surface area contributed by atoms with Crippen LogP contribution >= 0.6 is 0 Å². The van der Waals surface area contributed by atoms with Gasteiger partial charge in [-0.3, -0.25) is 0 Å². The van der Waals surface area contributed by atoms with Crippen LogP contribution in [0.2, 0.25) is 0 Å². The Morgan fingerprint density at radius 1 is 1.21 bits per heavy atom. The predicted molar refractivity (Wildman–Crippen MR) is 108 cm³/mol. The fourth-order valence-corrected chi connectivity index (χ4v) is 3.28. The molecule has 150 valence electrons. The Hall–Kier alpha value is -3.35. The van der Waals surface area contributed by atoms with Crippen LogP contribution in [0.25, 0.3) is 11.4 Å². The molecule has 1 saturated heterocycles. The van der Waals surface area contributed by atoms with Crippen LogP contribution in [0.1, 0.15) is 24.8 Å². The van der Waals surface area contributed by atoms with E-state index in [9.17, 15) is 4.79 Å². The summed E-state index contributed by atoms with van der Waals surface area (Å²) in [6.45, 7) is 3.76. The Labute approximate surface area is 169 Å². The standard InChI is InChI=1S/C22H24N4O3/c1-2-20-24-21(25-29-20)17-8-10-18(11-9-17)28-19-12-13-26(15-19)22(27)23-14-16-6-4-3-5-7-16/h3-11,19H,2,12-15H2,1H3,(H,23,27). The maximum atomic E-state index is 12.4. The SMILES string of the molecule is CCc1nc(-c2ccc(OC3CCN(C(=O)NCc4ccccc4)C3)cc2)no1. The van der Waals surface area contributed by atoms with Gasteiger partial charge >= 0.3 is 6.03 Å². The maximum Gasteiger partial charge on any atom is 0.317 e. The summed E-state index contributed by atoms with van der Waals surface area (Å²) in [5, 5.41) is 6.95. The fourth-order valence-electron chi connectivity index (χ4n) is 3.28. The van der Waals surface area contributed by atoms with Gasteiger partial charge in [-0.1, -0.05) is 42.4 Å². The number of carbonyl (C=O) groups excluding carboxylic acids is 1. The third kappa shape index (κ3) is 4.74. The van der Waals surface area contributed by atoms with Crippen LogP contribution in [0, 0.1) is 0 Å². The lowest BCUT2D eigenvalue weighted by Gasteiger charge is -2.18. The Morgan fingerprint density at radius 2 is 2.00 bits per heavy atom. The average Bonchev–Trinajstić information content (AvgIpc) is 3.43. The van der Waals surface area contributed by atoms with E-state index in [0.717, 1.165) is 23.3 Å². The van der Waals surface area contributed by atoms with E-state index in [1.165, 1.54) is 0 Å². The van der Waals surface area contributed by atoms with Gasteiger partial charge in [-0.05, 0) is 29.8 Å². The topological polar surface area (TPSA) is 80.5 Å². The minimum Gasteiger partial charge on any atom is -0.489 e. The molecule has 1 unspecified atom stereocenters. The normalized spacial score (nSPS) is 16.0. The first-order valence-electron chi connectivity index (χ1n) is 9.87. The van der Waals surface area contributed by atoms with Crippen molar-refractivity contribution in [1.29, 1.82) is 0 Å². The number of rotatable bonds is 6. The monoisotopic (exact) mass is 392 g/mol. The largest absolute Gasteiger partial charge is 0.489 e. The minimum absolute atomic E-state index is 0.0137. The highest BCUT2D eigenvalue weighted by Crippen LogP contribution is 2.23. The van der Waals surface area contributed by atoms with Gasteiger partial charge in [-0.15, -0.1) is 0 Å². The number of likely N-dealkylation sites (tertiary alicyclic amines) is 1. The Morgan fingerprint density at radius 3 is 2.72 bits per heavy atom. The van der Waals surface area contributed by atoms with Crippen LogP contribution in [0.5, 0.6) is 5.75 Å². The van der Waals surface area contributed by atoms with Crippen molar-refractivity contribution in [1.82, 2.24) is 20.4 Å². The highest BCUT2D eigenvalue weighted by molar-refractivity contribution is 5.74. The third-order valence-corrected chi connectivity index (χ3v) is 4.90. The molecular formula is C22H24N4O3. The number of carbonyl (C=O) groups is 1. The zero-order valence-electron chi connectivity index (χ0n) is 16.4. The van der Waals surface area contributed by atoms with Gasteiger partial charge in [0.15, 0.2) is 0 Å². The van der Waals surface area contributed by atoms with Crippen molar-refractivity contribution in [2.45, 2.75) is 32.4 Å². The number of benzene rings is 2. The Bertz CT molecular complexity index is 940. The zero-order valence-corrected chi connectivity index (χ0v) is 16.4. The van der Waals surface area contributed by atoms with Crippen molar-refractivity contribution in [3.63, 3.8) is 0 Å². The highest BCUT2D eigenvalue weighted by atomic mass is 16.5. The van der Waals surface area contributed by atoms with Gasteiger partial charge < -0.3 is 19.5 Å². The summed E-state index contributed by atoms with van der Waals surface area (Å²) in [6.07, 6.45) is 1.51. The van der Waals surface area contributed by atoms with Gasteiger partial charge in [-0.25, -0.2) is 4.79 Å². The smallest absolute Gasteiger partial charge is 0.317 e. The minimum atomic E-state index is -0.0564. The number of hydrogen-bond donors (Lipinski definition) is 1. The molecule has 29 heavy (non-hydrogen) atoms. The summed E-state index contributed by atoms with van der Waals surface area (Å²) in [4.78, 5) is 18.5. The predicted octanol–water partition coefficient (Wildman–Crippen LogP) is 3.66. The van der Waals surface area contributed by atoms with E-state index in [4.69, 9.17) is 9.26 Å². The van der Waals surface area contributed by atoms with Crippen molar-refractivity contribution in [3.05, 3.63) is 66.1 Å². The molecule has 7 heteroatoms. The van der Waals surface area contributed by atoms with Crippen LogP contribution < -0.4 is 10.1 Å². The van der Waals surface area contributed by atoms with E-state index in [1.54, 1.807) is 4.90 Å². The van der Waals surface area contributed by atoms with E-state index in [2.05, 4.69) is 15.5 Å². The van der Waals surface area contributed by atoms with Crippen LogP contribution in [0.15, 0.2) is 59.1 Å². The number of nitrogens with zero attached hydrogens (tertiary/aromatic N) is 3. The molecule has 1 aromatic heterocycles. The first-order valence-corrected chi connectivity index (χ1v) is 9.87. The summed E-state index contributed by atoms with van der Waals surface area (Å²) >= 11 is 0. The van der Waals surface area contributed by atoms with Crippen LogP contribution in [-0.4, -0.2) is 40.3 Å². The van der Waals surface area contributed by atoms with Gasteiger partial charge in [-0.2, -0.15) is 4.98 Å². The van der Waals surface area contributed by atoms with Gasteiger partial charge in [0.25, 0.3) is 0 Å². The van der Waals surface area contributed by atoms with E-state index in [0.29, 0.717) is 37.8 Å². The maximum absolute atomic E-state index is 12.4. The molecule has 2 heterocycles. The molecule has 0 aliphatic carbocycles. The molecular weight excluding hydrogens is 368 g/mol. The molecule has 1 N–H and O–H groups in total. The van der Waals surface area contributed by atoms with Gasteiger partial charge in [0.05, 0.1) is 6.54 Å². The molecule has 1 atom stereocenters. The molecule has 2 amide bonds. The summed E-state index contributed by atoms with van der Waals surface area (Å²) < 4.78 is 11.2. The van der Waals surface area contributed by atoms with Crippen molar-refractivity contribution in [2.75, 3.05) is 13.1 Å². The first kappa shape index (κ1) is 19.0.